The zero-order chi connectivity index (χ0) is 17.8. The Hall–Kier alpha value is -2.63. The van der Waals surface area contributed by atoms with Crippen LogP contribution >= 0.6 is 23.2 Å². The first-order valence-corrected chi connectivity index (χ1v) is 8.01. The molecule has 1 aromatic heterocycles. The third kappa shape index (κ3) is 4.26. The number of nitrogens with one attached hydrogen (secondary N) is 2. The number of amides is 1. The van der Waals surface area contributed by atoms with Crippen LogP contribution in [0.15, 0.2) is 60.9 Å². The molecule has 1 heterocycles. The Morgan fingerprint density at radius 1 is 0.960 bits per heavy atom. The van der Waals surface area contributed by atoms with Gasteiger partial charge in [-0.3, -0.25) is 9.78 Å². The van der Waals surface area contributed by atoms with Gasteiger partial charge in [-0.1, -0.05) is 35.3 Å². The average molecular weight is 376 g/mol. The van der Waals surface area contributed by atoms with Gasteiger partial charge in [0.1, 0.15) is 5.82 Å². The molecule has 0 aliphatic heterocycles. The number of hydrogen-bond acceptors (Lipinski definition) is 3. The van der Waals surface area contributed by atoms with Crippen molar-refractivity contribution < 1.29 is 9.18 Å². The summed E-state index contributed by atoms with van der Waals surface area (Å²) in [6.45, 7) is 0. The summed E-state index contributed by atoms with van der Waals surface area (Å²) in [4.78, 5) is 16.4. The lowest BCUT2D eigenvalue weighted by atomic mass is 10.2. The number of aromatic nitrogens is 1. The highest BCUT2D eigenvalue weighted by Crippen LogP contribution is 2.24. The maximum Gasteiger partial charge on any atom is 0.257 e. The second-order valence-electron chi connectivity index (χ2n) is 5.15. The second-order valence-corrected chi connectivity index (χ2v) is 5.96. The summed E-state index contributed by atoms with van der Waals surface area (Å²) < 4.78 is 13.2. The maximum absolute atomic E-state index is 13.2. The average Bonchev–Trinajstić information content (AvgIpc) is 2.60. The van der Waals surface area contributed by atoms with Gasteiger partial charge in [-0.05, 0) is 36.4 Å². The van der Waals surface area contributed by atoms with Crippen LogP contribution in [0, 0.1) is 5.82 Å². The predicted octanol–water partition coefficient (Wildman–Crippen LogP) is 5.52. The van der Waals surface area contributed by atoms with Crippen LogP contribution in [-0.2, 0) is 0 Å². The Kier molecular flexibility index (Phi) is 5.16. The van der Waals surface area contributed by atoms with E-state index >= 15 is 0 Å². The number of para-hydroxylation sites is 1. The van der Waals surface area contributed by atoms with Crippen molar-refractivity contribution in [2.24, 2.45) is 0 Å². The Morgan fingerprint density at radius 3 is 2.52 bits per heavy atom. The molecule has 0 saturated heterocycles. The molecule has 0 bridgehead atoms. The van der Waals surface area contributed by atoms with E-state index in [1.54, 1.807) is 36.5 Å². The molecule has 7 heteroatoms. The van der Waals surface area contributed by atoms with Gasteiger partial charge in [0.05, 0.1) is 33.2 Å². The molecule has 3 aromatic rings. The van der Waals surface area contributed by atoms with E-state index in [-0.39, 0.29) is 10.9 Å². The summed E-state index contributed by atoms with van der Waals surface area (Å²) in [6.07, 6.45) is 2.98. The molecule has 0 spiro atoms. The minimum absolute atomic E-state index is 0.00516. The van der Waals surface area contributed by atoms with Gasteiger partial charge in [-0.15, -0.1) is 0 Å². The molecule has 3 rings (SSSR count). The van der Waals surface area contributed by atoms with Crippen molar-refractivity contribution >= 4 is 46.2 Å². The number of pyridine rings is 1. The highest BCUT2D eigenvalue weighted by molar-refractivity contribution is 6.34. The van der Waals surface area contributed by atoms with Gasteiger partial charge in [0.2, 0.25) is 0 Å². The maximum atomic E-state index is 13.2. The van der Waals surface area contributed by atoms with E-state index in [4.69, 9.17) is 23.2 Å². The van der Waals surface area contributed by atoms with Crippen molar-refractivity contribution in [2.75, 3.05) is 10.6 Å². The van der Waals surface area contributed by atoms with Gasteiger partial charge < -0.3 is 10.6 Å². The molecule has 0 saturated carbocycles. The lowest BCUT2D eigenvalue weighted by Gasteiger charge is -2.10. The molecular formula is C18H12Cl2FN3O. The van der Waals surface area contributed by atoms with Crippen molar-refractivity contribution in [3.8, 4) is 0 Å². The Morgan fingerprint density at radius 2 is 1.76 bits per heavy atom. The number of rotatable bonds is 4. The molecule has 1 amide bonds. The van der Waals surface area contributed by atoms with Crippen LogP contribution < -0.4 is 10.6 Å². The van der Waals surface area contributed by atoms with E-state index in [0.717, 1.165) is 0 Å². The molecule has 0 fully saturated rings. The summed E-state index contributed by atoms with van der Waals surface area (Å²) >= 11 is 11.8. The van der Waals surface area contributed by atoms with Crippen LogP contribution in [0.4, 0.5) is 21.5 Å². The van der Waals surface area contributed by atoms with Gasteiger partial charge in [-0.2, -0.15) is 0 Å². The van der Waals surface area contributed by atoms with E-state index in [1.165, 1.54) is 24.4 Å². The summed E-state index contributed by atoms with van der Waals surface area (Å²) in [7, 11) is 0. The SMILES string of the molecule is O=C(Nc1ccccc1Cl)c1cncc(Nc2ccc(F)c(Cl)c2)c1. The molecule has 0 aliphatic carbocycles. The van der Waals surface area contributed by atoms with E-state index in [2.05, 4.69) is 15.6 Å². The standard InChI is InChI=1S/C18H12Cl2FN3O/c19-14-3-1-2-4-17(14)24-18(25)11-7-13(10-22-9-11)23-12-5-6-16(21)15(20)8-12/h1-10,23H,(H,24,25). The predicted molar refractivity (Wildman–Crippen MR) is 98.3 cm³/mol. The van der Waals surface area contributed by atoms with Crippen molar-refractivity contribution in [3.05, 3.63) is 82.4 Å². The minimum atomic E-state index is -0.502. The van der Waals surface area contributed by atoms with Gasteiger partial charge in [-0.25, -0.2) is 4.39 Å². The number of halogens is 3. The highest BCUT2D eigenvalue weighted by atomic mass is 35.5. The van der Waals surface area contributed by atoms with Crippen molar-refractivity contribution in [3.63, 3.8) is 0 Å². The summed E-state index contributed by atoms with van der Waals surface area (Å²) in [5, 5.41) is 6.20. The van der Waals surface area contributed by atoms with Crippen LogP contribution in [0.5, 0.6) is 0 Å². The van der Waals surface area contributed by atoms with E-state index in [9.17, 15) is 9.18 Å². The van der Waals surface area contributed by atoms with E-state index in [1.807, 2.05) is 0 Å². The second kappa shape index (κ2) is 7.51. The number of benzene rings is 2. The van der Waals surface area contributed by atoms with Crippen LogP contribution in [0.3, 0.4) is 0 Å². The monoisotopic (exact) mass is 375 g/mol. The van der Waals surface area contributed by atoms with Crippen LogP contribution in [0.25, 0.3) is 0 Å². The Balaban J connectivity index is 1.77. The largest absolute Gasteiger partial charge is 0.354 e. The molecule has 0 radical (unpaired) electrons. The zero-order valence-corrected chi connectivity index (χ0v) is 14.3. The smallest absolute Gasteiger partial charge is 0.257 e. The van der Waals surface area contributed by atoms with Crippen molar-refractivity contribution in [1.82, 2.24) is 4.98 Å². The summed E-state index contributed by atoms with van der Waals surface area (Å²) in [6, 6.07) is 12.8. The van der Waals surface area contributed by atoms with Gasteiger partial charge in [0.15, 0.2) is 0 Å². The molecule has 0 aliphatic rings. The quantitative estimate of drug-likeness (QED) is 0.630. The van der Waals surface area contributed by atoms with Crippen LogP contribution in [-0.4, -0.2) is 10.9 Å². The molecular weight excluding hydrogens is 364 g/mol. The minimum Gasteiger partial charge on any atom is -0.354 e. The van der Waals surface area contributed by atoms with Crippen LogP contribution in [0.1, 0.15) is 10.4 Å². The number of hydrogen-bond donors (Lipinski definition) is 2. The van der Waals surface area contributed by atoms with Gasteiger partial charge in [0, 0.05) is 11.9 Å². The van der Waals surface area contributed by atoms with E-state index in [0.29, 0.717) is 27.6 Å². The topological polar surface area (TPSA) is 54.0 Å². The first kappa shape index (κ1) is 17.2. The number of carbonyl (C=O) groups is 1. The fourth-order valence-corrected chi connectivity index (χ4v) is 2.49. The molecule has 4 nitrogen and oxygen atoms in total. The first-order chi connectivity index (χ1) is 12.0. The molecule has 126 valence electrons. The normalized spacial score (nSPS) is 10.4. The number of carbonyl (C=O) groups excluding carboxylic acids is 1. The Bertz CT molecular complexity index is 934. The summed E-state index contributed by atoms with van der Waals surface area (Å²) in [5.74, 6) is -0.848. The van der Waals surface area contributed by atoms with Crippen LogP contribution in [0.2, 0.25) is 10.0 Å². The fraction of sp³-hybridized carbons (Fsp3) is 0. The summed E-state index contributed by atoms with van der Waals surface area (Å²) in [5.41, 5.74) is 2.00. The van der Waals surface area contributed by atoms with Gasteiger partial charge in [0.25, 0.3) is 5.91 Å². The molecule has 0 atom stereocenters. The van der Waals surface area contributed by atoms with Crippen molar-refractivity contribution in [1.29, 1.82) is 0 Å². The number of nitrogens with zero attached hydrogens (tertiary/aromatic N) is 1. The van der Waals surface area contributed by atoms with Gasteiger partial charge >= 0.3 is 0 Å². The lowest BCUT2D eigenvalue weighted by molar-refractivity contribution is 0.102. The Labute approximate surface area is 153 Å². The van der Waals surface area contributed by atoms with Crippen molar-refractivity contribution in [2.45, 2.75) is 0 Å². The zero-order valence-electron chi connectivity index (χ0n) is 12.8. The molecule has 0 unspecified atom stereocenters. The molecule has 2 aromatic carbocycles. The molecule has 25 heavy (non-hydrogen) atoms. The third-order valence-electron chi connectivity index (χ3n) is 3.33. The lowest BCUT2D eigenvalue weighted by Crippen LogP contribution is -2.12. The number of anilines is 3. The fourth-order valence-electron chi connectivity index (χ4n) is 2.13. The highest BCUT2D eigenvalue weighted by Gasteiger charge is 2.10. The third-order valence-corrected chi connectivity index (χ3v) is 3.95. The molecule has 2 N–H and O–H groups in total. The van der Waals surface area contributed by atoms with E-state index < -0.39 is 5.82 Å². The first-order valence-electron chi connectivity index (χ1n) is 7.26.